The van der Waals surface area contributed by atoms with Crippen molar-refractivity contribution in [3.05, 3.63) is 34.9 Å². The highest BCUT2D eigenvalue weighted by atomic mass is 16.3. The van der Waals surface area contributed by atoms with Crippen molar-refractivity contribution in [3.8, 4) is 0 Å². The fourth-order valence-corrected chi connectivity index (χ4v) is 3.40. The van der Waals surface area contributed by atoms with Crippen LogP contribution >= 0.6 is 0 Å². The van der Waals surface area contributed by atoms with E-state index in [9.17, 15) is 5.11 Å². The van der Waals surface area contributed by atoms with Crippen LogP contribution in [-0.4, -0.2) is 30.3 Å². The summed E-state index contributed by atoms with van der Waals surface area (Å²) in [5.41, 5.74) is 3.35. The fraction of sp³-hybridized carbons (Fsp3) is 0.647. The third-order valence-electron chi connectivity index (χ3n) is 5.04. The van der Waals surface area contributed by atoms with E-state index in [1.807, 2.05) is 0 Å². The van der Waals surface area contributed by atoms with E-state index >= 15 is 0 Å². The van der Waals surface area contributed by atoms with Crippen molar-refractivity contribution in [2.45, 2.75) is 52.2 Å². The van der Waals surface area contributed by atoms with E-state index in [4.69, 9.17) is 0 Å². The second-order valence-electron chi connectivity index (χ2n) is 6.77. The Morgan fingerprint density at radius 1 is 1.32 bits per heavy atom. The summed E-state index contributed by atoms with van der Waals surface area (Å²) in [5, 5.41) is 11.1. The topological polar surface area (TPSA) is 24.7 Å². The van der Waals surface area contributed by atoms with Gasteiger partial charge in [-0.15, -0.1) is 0 Å². The molecule has 1 aliphatic rings. The zero-order chi connectivity index (χ0) is 14.2. The summed E-state index contributed by atoms with van der Waals surface area (Å²) in [6.45, 7) is 9.77. The molecule has 0 amide bonds. The van der Waals surface area contributed by atoms with E-state index in [1.54, 1.807) is 0 Å². The Labute approximate surface area is 117 Å². The van der Waals surface area contributed by atoms with E-state index in [0.717, 1.165) is 19.4 Å². The number of aryl methyl sites for hydroxylation is 2. The first kappa shape index (κ1) is 14.5. The number of aliphatic hydroxyl groups is 1. The Bertz CT molecular complexity index is 457. The molecule has 1 fully saturated rings. The Kier molecular flexibility index (Phi) is 4.03. The van der Waals surface area contributed by atoms with Gasteiger partial charge in [0.2, 0.25) is 0 Å². The van der Waals surface area contributed by atoms with Crippen molar-refractivity contribution >= 4 is 0 Å². The van der Waals surface area contributed by atoms with Gasteiger partial charge in [-0.2, -0.15) is 0 Å². The van der Waals surface area contributed by atoms with E-state index < -0.39 is 5.60 Å². The van der Waals surface area contributed by atoms with Crippen LogP contribution in [0.4, 0.5) is 0 Å². The van der Waals surface area contributed by atoms with Crippen molar-refractivity contribution in [3.63, 3.8) is 0 Å². The first-order valence-corrected chi connectivity index (χ1v) is 7.42. The van der Waals surface area contributed by atoms with Gasteiger partial charge in [0.25, 0.3) is 0 Å². The van der Waals surface area contributed by atoms with Gasteiger partial charge in [0.1, 0.15) is 0 Å². The smallest absolute Gasteiger partial charge is 0.0872 e. The molecule has 2 N–H and O–H groups in total. The lowest BCUT2D eigenvalue weighted by molar-refractivity contribution is -0.916. The Hall–Kier alpha value is -0.860. The molecule has 0 saturated carbocycles. The van der Waals surface area contributed by atoms with Crippen molar-refractivity contribution in [1.82, 2.24) is 0 Å². The molecule has 0 aliphatic carbocycles. The van der Waals surface area contributed by atoms with Gasteiger partial charge in [-0.3, -0.25) is 0 Å². The van der Waals surface area contributed by atoms with Gasteiger partial charge in [-0.1, -0.05) is 30.7 Å². The van der Waals surface area contributed by atoms with Crippen LogP contribution in [0.1, 0.15) is 37.0 Å². The maximum Gasteiger partial charge on any atom is 0.0872 e. The monoisotopic (exact) mass is 262 g/mol. The van der Waals surface area contributed by atoms with Crippen LogP contribution in [0.5, 0.6) is 0 Å². The Morgan fingerprint density at radius 3 is 2.63 bits per heavy atom. The molecule has 0 bridgehead atoms. The third-order valence-corrected chi connectivity index (χ3v) is 5.04. The number of piperidine rings is 1. The summed E-state index contributed by atoms with van der Waals surface area (Å²) in [7, 11) is 2.23. The van der Waals surface area contributed by atoms with E-state index in [2.05, 4.69) is 52.9 Å². The summed E-state index contributed by atoms with van der Waals surface area (Å²) >= 11 is 0. The summed E-state index contributed by atoms with van der Waals surface area (Å²) < 4.78 is 0. The van der Waals surface area contributed by atoms with Gasteiger partial charge in [0.05, 0.1) is 25.2 Å². The SMILES string of the molecule is Cc1ccc(C[C@]2(O)C[C@@H](C)[NH+](C)C[C@@H]2C)c(C)c1. The zero-order valence-corrected chi connectivity index (χ0v) is 13.0. The molecule has 0 spiro atoms. The molecule has 1 aliphatic heterocycles. The second kappa shape index (κ2) is 5.26. The molecule has 2 nitrogen and oxygen atoms in total. The average molecular weight is 262 g/mol. The fourth-order valence-electron chi connectivity index (χ4n) is 3.40. The summed E-state index contributed by atoms with van der Waals surface area (Å²) in [6.07, 6.45) is 1.69. The number of hydrogen-bond acceptors (Lipinski definition) is 1. The summed E-state index contributed by atoms with van der Waals surface area (Å²) in [5.74, 6) is 0.351. The molecular formula is C17H28NO+. The molecule has 106 valence electrons. The molecular weight excluding hydrogens is 234 g/mol. The van der Waals surface area contributed by atoms with Gasteiger partial charge < -0.3 is 10.0 Å². The van der Waals surface area contributed by atoms with Gasteiger partial charge in [0, 0.05) is 18.8 Å². The average Bonchev–Trinajstić information content (AvgIpc) is 2.31. The van der Waals surface area contributed by atoms with Gasteiger partial charge >= 0.3 is 0 Å². The lowest BCUT2D eigenvalue weighted by Gasteiger charge is -2.43. The minimum atomic E-state index is -0.543. The molecule has 1 aromatic rings. The van der Waals surface area contributed by atoms with Crippen molar-refractivity contribution in [2.24, 2.45) is 5.92 Å². The maximum absolute atomic E-state index is 11.1. The highest BCUT2D eigenvalue weighted by Crippen LogP contribution is 2.30. The summed E-state index contributed by atoms with van der Waals surface area (Å²) in [4.78, 5) is 1.54. The van der Waals surface area contributed by atoms with E-state index in [-0.39, 0.29) is 0 Å². The first-order chi connectivity index (χ1) is 8.82. The van der Waals surface area contributed by atoms with Gasteiger partial charge in [0.15, 0.2) is 0 Å². The van der Waals surface area contributed by atoms with Crippen LogP contribution < -0.4 is 4.90 Å². The number of likely N-dealkylation sites (tertiary alicyclic amines) is 1. The molecule has 4 atom stereocenters. The van der Waals surface area contributed by atoms with Crippen molar-refractivity contribution in [1.29, 1.82) is 0 Å². The van der Waals surface area contributed by atoms with Gasteiger partial charge in [-0.25, -0.2) is 0 Å². The summed E-state index contributed by atoms with van der Waals surface area (Å²) in [6, 6.07) is 7.09. The molecule has 19 heavy (non-hydrogen) atoms. The van der Waals surface area contributed by atoms with Crippen LogP contribution in [0, 0.1) is 19.8 Å². The third kappa shape index (κ3) is 3.01. The Balaban J connectivity index is 2.20. The first-order valence-electron chi connectivity index (χ1n) is 7.42. The van der Waals surface area contributed by atoms with Crippen LogP contribution in [0.2, 0.25) is 0 Å². The molecule has 0 radical (unpaired) electrons. The maximum atomic E-state index is 11.1. The number of hydrogen-bond donors (Lipinski definition) is 2. The number of benzene rings is 1. The quantitative estimate of drug-likeness (QED) is 0.830. The lowest BCUT2D eigenvalue weighted by Crippen LogP contribution is -3.15. The number of quaternary nitrogens is 1. The minimum absolute atomic E-state index is 0.351. The standard InChI is InChI=1S/C17H27NO/c1-12-6-7-16(13(2)8-12)10-17(19)9-15(4)18(5)11-14(17)3/h6-8,14-15,19H,9-11H2,1-5H3/p+1/t14-,15+,17+/m0/s1. The molecule has 2 heteroatoms. The van der Waals surface area contributed by atoms with Gasteiger partial charge in [-0.05, 0) is 31.9 Å². The highest BCUT2D eigenvalue weighted by Gasteiger charge is 2.43. The largest absolute Gasteiger partial charge is 0.389 e. The van der Waals surface area contributed by atoms with Crippen LogP contribution in [0.15, 0.2) is 18.2 Å². The lowest BCUT2D eigenvalue weighted by atomic mass is 9.75. The highest BCUT2D eigenvalue weighted by molar-refractivity contribution is 5.31. The van der Waals surface area contributed by atoms with Crippen molar-refractivity contribution in [2.75, 3.05) is 13.6 Å². The molecule has 0 aromatic heterocycles. The van der Waals surface area contributed by atoms with Crippen LogP contribution in [0.25, 0.3) is 0 Å². The second-order valence-corrected chi connectivity index (χ2v) is 6.77. The van der Waals surface area contributed by atoms with Crippen LogP contribution in [0.3, 0.4) is 0 Å². The molecule has 1 aromatic carbocycles. The minimum Gasteiger partial charge on any atom is -0.389 e. The molecule has 2 rings (SSSR count). The number of rotatable bonds is 2. The Morgan fingerprint density at radius 2 is 2.00 bits per heavy atom. The van der Waals surface area contributed by atoms with Crippen LogP contribution in [-0.2, 0) is 6.42 Å². The van der Waals surface area contributed by atoms with E-state index in [1.165, 1.54) is 21.6 Å². The normalized spacial score (nSPS) is 35.4. The zero-order valence-electron chi connectivity index (χ0n) is 13.0. The molecule has 1 unspecified atom stereocenters. The number of nitrogens with one attached hydrogen (secondary N) is 1. The molecule has 1 heterocycles. The molecule has 1 saturated heterocycles. The predicted octanol–water partition coefficient (Wildman–Crippen LogP) is 1.52. The van der Waals surface area contributed by atoms with Crippen molar-refractivity contribution < 1.29 is 10.0 Å². The van der Waals surface area contributed by atoms with E-state index in [0.29, 0.717) is 12.0 Å². The predicted molar refractivity (Wildman–Crippen MR) is 79.6 cm³/mol.